The van der Waals surface area contributed by atoms with Crippen LogP contribution in [0.3, 0.4) is 0 Å². The summed E-state index contributed by atoms with van der Waals surface area (Å²) in [4.78, 5) is 23.6. The highest BCUT2D eigenvalue weighted by Gasteiger charge is 2.52. The predicted octanol–water partition coefficient (Wildman–Crippen LogP) is 6.81. The number of carboxylic acid groups (broad SMARTS) is 2. The number of hydrogen-bond donors (Lipinski definition) is 2. The third-order valence-corrected chi connectivity index (χ3v) is 8.92. The maximum Gasteiger partial charge on any atom is 0.336 e. The van der Waals surface area contributed by atoms with E-state index in [1.807, 2.05) is 0 Å². The van der Waals surface area contributed by atoms with Crippen molar-refractivity contribution in [2.45, 2.75) is 50.5 Å². The molecule has 0 radical (unpaired) electrons. The fourth-order valence-electron chi connectivity index (χ4n) is 7.80. The Morgan fingerprint density at radius 2 is 1.53 bits per heavy atom. The molecule has 3 aromatic rings. The van der Waals surface area contributed by atoms with Gasteiger partial charge in [0.15, 0.2) is 0 Å². The number of methoxy groups -OCH3 is 1. The normalized spacial score (nSPS) is 25.2. The van der Waals surface area contributed by atoms with E-state index in [-0.39, 0.29) is 23.1 Å². The molecule has 4 aliphatic rings. The van der Waals surface area contributed by atoms with Gasteiger partial charge in [-0.1, -0.05) is 30.3 Å². The molecule has 0 heterocycles. The molecule has 0 aromatic heterocycles. The number of aromatic carboxylic acids is 2. The lowest BCUT2D eigenvalue weighted by Gasteiger charge is -2.57. The first-order chi connectivity index (χ1) is 18.3. The Morgan fingerprint density at radius 3 is 2.16 bits per heavy atom. The number of carboxylic acids is 2. The summed E-state index contributed by atoms with van der Waals surface area (Å²) in [6, 6.07) is 17.5. The van der Waals surface area contributed by atoms with Crippen LogP contribution in [0.2, 0.25) is 0 Å². The molecular formula is C32H32O6. The molecule has 7 rings (SSSR count). The van der Waals surface area contributed by atoms with Gasteiger partial charge in [-0.15, -0.1) is 0 Å². The molecule has 3 aromatic carbocycles. The number of rotatable bonds is 8. The van der Waals surface area contributed by atoms with E-state index in [2.05, 4.69) is 18.2 Å². The van der Waals surface area contributed by atoms with Crippen molar-refractivity contribution in [2.75, 3.05) is 7.11 Å². The van der Waals surface area contributed by atoms with Gasteiger partial charge in [0.1, 0.15) is 18.1 Å². The monoisotopic (exact) mass is 512 g/mol. The summed E-state index contributed by atoms with van der Waals surface area (Å²) in [5.74, 6) is 1.63. The molecular weight excluding hydrogens is 480 g/mol. The first-order valence-corrected chi connectivity index (χ1v) is 13.4. The topological polar surface area (TPSA) is 93.1 Å². The van der Waals surface area contributed by atoms with E-state index in [0.717, 1.165) is 29.1 Å². The Morgan fingerprint density at radius 1 is 0.842 bits per heavy atom. The van der Waals surface area contributed by atoms with Crippen LogP contribution in [0.1, 0.15) is 70.4 Å². The van der Waals surface area contributed by atoms with E-state index in [1.165, 1.54) is 62.3 Å². The maximum atomic E-state index is 12.0. The zero-order valence-corrected chi connectivity index (χ0v) is 21.5. The van der Waals surface area contributed by atoms with Gasteiger partial charge in [0.25, 0.3) is 0 Å². The minimum Gasteiger partial charge on any atom is -0.496 e. The van der Waals surface area contributed by atoms with Crippen molar-refractivity contribution in [1.29, 1.82) is 0 Å². The van der Waals surface area contributed by atoms with Crippen LogP contribution in [0.5, 0.6) is 11.5 Å². The summed E-state index contributed by atoms with van der Waals surface area (Å²) < 4.78 is 12.1. The van der Waals surface area contributed by atoms with Crippen LogP contribution in [0.4, 0.5) is 0 Å². The molecule has 6 nitrogen and oxygen atoms in total. The van der Waals surface area contributed by atoms with Crippen molar-refractivity contribution >= 4 is 11.9 Å². The second kappa shape index (κ2) is 9.50. The van der Waals surface area contributed by atoms with Gasteiger partial charge < -0.3 is 19.7 Å². The summed E-state index contributed by atoms with van der Waals surface area (Å²) in [5.41, 5.74) is 3.45. The zero-order chi connectivity index (χ0) is 26.4. The van der Waals surface area contributed by atoms with Gasteiger partial charge in [0, 0.05) is 11.1 Å². The lowest BCUT2D eigenvalue weighted by atomic mass is 9.48. The van der Waals surface area contributed by atoms with Crippen molar-refractivity contribution in [3.05, 3.63) is 82.9 Å². The van der Waals surface area contributed by atoms with E-state index < -0.39 is 11.9 Å². The second-order valence-corrected chi connectivity index (χ2v) is 11.4. The summed E-state index contributed by atoms with van der Waals surface area (Å²) in [6.07, 6.45) is 7.94. The van der Waals surface area contributed by atoms with Crippen molar-refractivity contribution in [1.82, 2.24) is 0 Å². The van der Waals surface area contributed by atoms with Crippen LogP contribution in [-0.4, -0.2) is 29.3 Å². The summed E-state index contributed by atoms with van der Waals surface area (Å²) >= 11 is 0. The second-order valence-electron chi connectivity index (χ2n) is 11.4. The Kier molecular flexibility index (Phi) is 6.13. The van der Waals surface area contributed by atoms with Crippen LogP contribution in [0.15, 0.2) is 60.7 Å². The van der Waals surface area contributed by atoms with Crippen molar-refractivity contribution in [3.63, 3.8) is 0 Å². The largest absolute Gasteiger partial charge is 0.496 e. The minimum atomic E-state index is -1.10. The molecule has 0 amide bonds. The van der Waals surface area contributed by atoms with Gasteiger partial charge in [-0.25, -0.2) is 9.59 Å². The molecule has 38 heavy (non-hydrogen) atoms. The first kappa shape index (κ1) is 24.5. The molecule has 0 spiro atoms. The van der Waals surface area contributed by atoms with E-state index in [0.29, 0.717) is 16.9 Å². The molecule has 4 bridgehead atoms. The lowest BCUT2D eigenvalue weighted by Crippen LogP contribution is -2.48. The quantitative estimate of drug-likeness (QED) is 0.345. The van der Waals surface area contributed by atoms with E-state index in [9.17, 15) is 19.8 Å². The Hall–Kier alpha value is -3.80. The van der Waals surface area contributed by atoms with Gasteiger partial charge in [-0.3, -0.25) is 0 Å². The molecule has 0 unspecified atom stereocenters. The van der Waals surface area contributed by atoms with Crippen LogP contribution >= 0.6 is 0 Å². The van der Waals surface area contributed by atoms with E-state index >= 15 is 0 Å². The summed E-state index contributed by atoms with van der Waals surface area (Å²) in [7, 11) is 1.73. The Balaban J connectivity index is 1.30. The molecule has 4 saturated carbocycles. The molecule has 6 heteroatoms. The average molecular weight is 513 g/mol. The highest BCUT2D eigenvalue weighted by atomic mass is 16.5. The molecule has 196 valence electrons. The third kappa shape index (κ3) is 4.32. The summed E-state index contributed by atoms with van der Waals surface area (Å²) in [6.45, 7) is 0.228. The molecule has 4 fully saturated rings. The van der Waals surface area contributed by atoms with Gasteiger partial charge in [-0.2, -0.15) is 0 Å². The first-order valence-electron chi connectivity index (χ1n) is 13.4. The van der Waals surface area contributed by atoms with Crippen LogP contribution in [0, 0.1) is 17.8 Å². The minimum absolute atomic E-state index is 0.0554. The Labute approximate surface area is 222 Å². The van der Waals surface area contributed by atoms with Crippen LogP contribution in [0.25, 0.3) is 11.1 Å². The molecule has 0 aliphatic heterocycles. The number of ether oxygens (including phenoxy) is 2. The Bertz CT molecular complexity index is 1370. The lowest BCUT2D eigenvalue weighted by molar-refractivity contribution is -0.00617. The van der Waals surface area contributed by atoms with Crippen molar-refractivity contribution in [2.24, 2.45) is 17.8 Å². The van der Waals surface area contributed by atoms with Gasteiger partial charge >= 0.3 is 11.9 Å². The third-order valence-electron chi connectivity index (χ3n) is 8.92. The molecule has 4 aliphatic carbocycles. The SMILES string of the molecule is COc1cc(COc2cccc(C(=O)O)c2-c2cccc(C(=O)O)c2)ccc1C12CC3CC(CC(C3)C1)C2. The highest BCUT2D eigenvalue weighted by Crippen LogP contribution is 2.61. The van der Waals surface area contributed by atoms with Crippen molar-refractivity contribution in [3.8, 4) is 22.6 Å². The fourth-order valence-corrected chi connectivity index (χ4v) is 7.80. The maximum absolute atomic E-state index is 12.0. The number of benzene rings is 3. The molecule has 0 atom stereocenters. The van der Waals surface area contributed by atoms with Gasteiger partial charge in [0.05, 0.1) is 18.2 Å². The van der Waals surface area contributed by atoms with E-state index in [1.54, 1.807) is 31.4 Å². The van der Waals surface area contributed by atoms with Gasteiger partial charge in [-0.05, 0) is 103 Å². The zero-order valence-electron chi connectivity index (χ0n) is 21.5. The van der Waals surface area contributed by atoms with Crippen LogP contribution < -0.4 is 9.47 Å². The van der Waals surface area contributed by atoms with Crippen LogP contribution in [-0.2, 0) is 12.0 Å². The predicted molar refractivity (Wildman–Crippen MR) is 143 cm³/mol. The number of carbonyl (C=O) groups is 2. The summed E-state index contributed by atoms with van der Waals surface area (Å²) in [5, 5.41) is 19.3. The van der Waals surface area contributed by atoms with E-state index in [4.69, 9.17) is 9.47 Å². The average Bonchev–Trinajstić information content (AvgIpc) is 2.90. The van der Waals surface area contributed by atoms with Crippen molar-refractivity contribution < 1.29 is 29.3 Å². The molecule has 2 N–H and O–H groups in total. The van der Waals surface area contributed by atoms with Gasteiger partial charge in [0.2, 0.25) is 0 Å². The fraction of sp³-hybridized carbons (Fsp3) is 0.375. The highest BCUT2D eigenvalue weighted by molar-refractivity contribution is 5.99. The molecule has 0 saturated heterocycles. The smallest absolute Gasteiger partial charge is 0.336 e. The number of hydrogen-bond acceptors (Lipinski definition) is 4. The standard InChI is InChI=1S/C32H32O6/c1-37-28-13-19(8-9-26(28)32-15-20-10-21(16-32)12-22(11-20)17-32)18-38-27-7-3-6-25(31(35)36)29(27)23-4-2-5-24(14-23)30(33)34/h2-9,13-14,20-22H,10-12,15-18H2,1H3,(H,33,34)(H,35,36).